The van der Waals surface area contributed by atoms with E-state index in [1.807, 2.05) is 12.1 Å². The zero-order valence-electron chi connectivity index (χ0n) is 17.5. The molecule has 156 valence electrons. The smallest absolute Gasteiger partial charge is 0.255 e. The standard InChI is InChI=1S/C23H29NO5/c1-26-17-9-7-16(8-10-17)23(13-5-6-14-23)15-24-22(25)18-11-12-19(27-2)21(29-4)20(18)28-3/h7-12H,5-6,13-15H2,1-4H3,(H,24,25). The van der Waals surface area contributed by atoms with Crippen LogP contribution in [0, 0.1) is 0 Å². The quantitative estimate of drug-likeness (QED) is 0.728. The van der Waals surface area contributed by atoms with Crippen LogP contribution in [0.15, 0.2) is 36.4 Å². The molecule has 0 radical (unpaired) electrons. The second-order valence-corrected chi connectivity index (χ2v) is 7.28. The van der Waals surface area contributed by atoms with Crippen LogP contribution in [0.4, 0.5) is 0 Å². The fourth-order valence-electron chi connectivity index (χ4n) is 4.19. The first-order valence-corrected chi connectivity index (χ1v) is 9.80. The van der Waals surface area contributed by atoms with E-state index in [9.17, 15) is 4.79 Å². The molecule has 0 aliphatic heterocycles. The summed E-state index contributed by atoms with van der Waals surface area (Å²) in [5, 5.41) is 3.13. The highest BCUT2D eigenvalue weighted by Crippen LogP contribution is 2.42. The molecule has 2 aromatic carbocycles. The number of carbonyl (C=O) groups excluding carboxylic acids is 1. The van der Waals surface area contributed by atoms with Gasteiger partial charge in [0, 0.05) is 12.0 Å². The average Bonchev–Trinajstić information content (AvgIpc) is 3.26. The van der Waals surface area contributed by atoms with Crippen molar-refractivity contribution >= 4 is 5.91 Å². The summed E-state index contributed by atoms with van der Waals surface area (Å²) in [5.74, 6) is 1.94. The van der Waals surface area contributed by atoms with Crippen LogP contribution in [0.5, 0.6) is 23.0 Å². The number of benzene rings is 2. The molecule has 6 nitrogen and oxygen atoms in total. The Morgan fingerprint density at radius 2 is 1.52 bits per heavy atom. The van der Waals surface area contributed by atoms with Crippen molar-refractivity contribution < 1.29 is 23.7 Å². The van der Waals surface area contributed by atoms with E-state index in [2.05, 4.69) is 17.4 Å². The van der Waals surface area contributed by atoms with Crippen LogP contribution in [0.2, 0.25) is 0 Å². The Balaban J connectivity index is 1.83. The van der Waals surface area contributed by atoms with Crippen molar-refractivity contribution in [2.75, 3.05) is 35.0 Å². The Morgan fingerprint density at radius 1 is 0.862 bits per heavy atom. The van der Waals surface area contributed by atoms with Gasteiger partial charge in [-0.25, -0.2) is 0 Å². The third kappa shape index (κ3) is 4.11. The summed E-state index contributed by atoms with van der Waals surface area (Å²) >= 11 is 0. The van der Waals surface area contributed by atoms with Gasteiger partial charge in [-0.3, -0.25) is 4.79 Å². The molecule has 0 aromatic heterocycles. The van der Waals surface area contributed by atoms with Crippen LogP contribution in [-0.4, -0.2) is 40.9 Å². The lowest BCUT2D eigenvalue weighted by molar-refractivity contribution is 0.0939. The Hall–Kier alpha value is -2.89. The van der Waals surface area contributed by atoms with Crippen LogP contribution in [0.25, 0.3) is 0 Å². The molecule has 6 heteroatoms. The maximum atomic E-state index is 13.0. The van der Waals surface area contributed by atoms with Gasteiger partial charge in [-0.15, -0.1) is 0 Å². The molecule has 3 rings (SSSR count). The van der Waals surface area contributed by atoms with Crippen molar-refractivity contribution in [3.05, 3.63) is 47.5 Å². The maximum Gasteiger partial charge on any atom is 0.255 e. The highest BCUT2D eigenvalue weighted by atomic mass is 16.5. The number of amides is 1. The number of hydrogen-bond donors (Lipinski definition) is 1. The van der Waals surface area contributed by atoms with Gasteiger partial charge >= 0.3 is 0 Å². The van der Waals surface area contributed by atoms with Gasteiger partial charge in [-0.05, 0) is 42.7 Å². The summed E-state index contributed by atoms with van der Waals surface area (Å²) in [6.07, 6.45) is 4.40. The van der Waals surface area contributed by atoms with Crippen molar-refractivity contribution in [1.82, 2.24) is 5.32 Å². The molecular formula is C23H29NO5. The maximum absolute atomic E-state index is 13.0. The minimum absolute atomic E-state index is 0.0638. The van der Waals surface area contributed by atoms with Crippen LogP contribution < -0.4 is 24.3 Å². The molecule has 0 unspecified atom stereocenters. The summed E-state index contributed by atoms with van der Waals surface area (Å²) in [6, 6.07) is 11.6. The molecular weight excluding hydrogens is 370 g/mol. The number of methoxy groups -OCH3 is 4. The molecule has 1 amide bonds. The van der Waals surface area contributed by atoms with Gasteiger partial charge in [0.1, 0.15) is 5.75 Å². The zero-order chi connectivity index (χ0) is 20.9. The molecule has 0 saturated heterocycles. The fourth-order valence-corrected chi connectivity index (χ4v) is 4.19. The first-order chi connectivity index (χ1) is 14.1. The van der Waals surface area contributed by atoms with E-state index in [-0.39, 0.29) is 11.3 Å². The van der Waals surface area contributed by atoms with Crippen LogP contribution in [-0.2, 0) is 5.41 Å². The van der Waals surface area contributed by atoms with Gasteiger partial charge in [-0.1, -0.05) is 25.0 Å². The lowest BCUT2D eigenvalue weighted by atomic mass is 9.78. The number of hydrogen-bond acceptors (Lipinski definition) is 5. The molecule has 1 saturated carbocycles. The van der Waals surface area contributed by atoms with Gasteiger partial charge in [0.05, 0.1) is 34.0 Å². The van der Waals surface area contributed by atoms with E-state index in [0.717, 1.165) is 31.4 Å². The highest BCUT2D eigenvalue weighted by Gasteiger charge is 2.36. The minimum atomic E-state index is -0.192. The van der Waals surface area contributed by atoms with Crippen molar-refractivity contribution in [2.24, 2.45) is 0 Å². The van der Waals surface area contributed by atoms with Crippen molar-refractivity contribution in [3.63, 3.8) is 0 Å². The van der Waals surface area contributed by atoms with E-state index < -0.39 is 0 Å². The minimum Gasteiger partial charge on any atom is -0.497 e. The van der Waals surface area contributed by atoms with E-state index in [4.69, 9.17) is 18.9 Å². The summed E-state index contributed by atoms with van der Waals surface area (Å²) in [7, 11) is 6.26. The topological polar surface area (TPSA) is 66.0 Å². The zero-order valence-corrected chi connectivity index (χ0v) is 17.5. The normalized spacial score (nSPS) is 14.9. The van der Waals surface area contributed by atoms with Crippen molar-refractivity contribution in [3.8, 4) is 23.0 Å². The van der Waals surface area contributed by atoms with E-state index in [1.165, 1.54) is 19.8 Å². The summed E-state index contributed by atoms with van der Waals surface area (Å²) in [6.45, 7) is 0.565. The summed E-state index contributed by atoms with van der Waals surface area (Å²) < 4.78 is 21.4. The molecule has 1 aliphatic carbocycles. The molecule has 1 aliphatic rings. The lowest BCUT2D eigenvalue weighted by Gasteiger charge is -2.30. The summed E-state index contributed by atoms with van der Waals surface area (Å²) in [4.78, 5) is 13.0. The third-order valence-corrected chi connectivity index (χ3v) is 5.80. The largest absolute Gasteiger partial charge is 0.497 e. The van der Waals surface area contributed by atoms with Crippen LogP contribution in [0.3, 0.4) is 0 Å². The molecule has 2 aromatic rings. The van der Waals surface area contributed by atoms with Gasteiger partial charge in [-0.2, -0.15) is 0 Å². The molecule has 0 spiro atoms. The predicted octanol–water partition coefficient (Wildman–Crippen LogP) is 3.96. The first kappa shape index (κ1) is 20.8. The molecule has 1 fully saturated rings. The fraction of sp³-hybridized carbons (Fsp3) is 0.435. The Kier molecular flexibility index (Phi) is 6.52. The van der Waals surface area contributed by atoms with Crippen LogP contribution in [0.1, 0.15) is 41.6 Å². The molecule has 29 heavy (non-hydrogen) atoms. The van der Waals surface area contributed by atoms with E-state index >= 15 is 0 Å². The van der Waals surface area contributed by atoms with Gasteiger partial charge in [0.25, 0.3) is 5.91 Å². The molecule has 0 bridgehead atoms. The Labute approximate surface area is 172 Å². The Morgan fingerprint density at radius 3 is 2.07 bits per heavy atom. The van der Waals surface area contributed by atoms with Gasteiger partial charge in [0.15, 0.2) is 11.5 Å². The van der Waals surface area contributed by atoms with Crippen LogP contribution >= 0.6 is 0 Å². The van der Waals surface area contributed by atoms with Gasteiger partial charge in [0.2, 0.25) is 5.75 Å². The van der Waals surface area contributed by atoms with E-state index in [1.54, 1.807) is 26.4 Å². The molecule has 0 atom stereocenters. The highest BCUT2D eigenvalue weighted by molar-refractivity contribution is 5.98. The van der Waals surface area contributed by atoms with Crippen molar-refractivity contribution in [2.45, 2.75) is 31.1 Å². The average molecular weight is 399 g/mol. The number of ether oxygens (including phenoxy) is 4. The monoisotopic (exact) mass is 399 g/mol. The number of rotatable bonds is 8. The van der Waals surface area contributed by atoms with E-state index in [0.29, 0.717) is 29.4 Å². The first-order valence-electron chi connectivity index (χ1n) is 9.80. The molecule has 1 N–H and O–H groups in total. The molecule has 0 heterocycles. The number of nitrogens with one attached hydrogen (secondary N) is 1. The SMILES string of the molecule is COc1ccc(C2(CNC(=O)c3ccc(OC)c(OC)c3OC)CCCC2)cc1. The van der Waals surface area contributed by atoms with Gasteiger partial charge < -0.3 is 24.3 Å². The Bertz CT molecular complexity index is 841. The number of carbonyl (C=O) groups is 1. The second-order valence-electron chi connectivity index (χ2n) is 7.28. The lowest BCUT2D eigenvalue weighted by Crippen LogP contribution is -2.39. The predicted molar refractivity (Wildman–Crippen MR) is 112 cm³/mol. The summed E-state index contributed by atoms with van der Waals surface area (Å²) in [5.41, 5.74) is 1.59. The van der Waals surface area contributed by atoms with Crippen molar-refractivity contribution in [1.29, 1.82) is 0 Å². The second kappa shape index (κ2) is 9.07. The third-order valence-electron chi connectivity index (χ3n) is 5.80.